The lowest BCUT2D eigenvalue weighted by Crippen LogP contribution is -1.90. The third kappa shape index (κ3) is 3.31. The highest BCUT2D eigenvalue weighted by Crippen LogP contribution is 2.25. The summed E-state index contributed by atoms with van der Waals surface area (Å²) in [6.07, 6.45) is 0. The highest BCUT2D eigenvalue weighted by molar-refractivity contribution is 7.98. The summed E-state index contributed by atoms with van der Waals surface area (Å²) < 4.78 is 0. The number of fused-ring (bicyclic) bond motifs is 1. The van der Waals surface area contributed by atoms with E-state index in [4.69, 9.17) is 0 Å². The molecule has 24 heavy (non-hydrogen) atoms. The molecule has 2 nitrogen and oxygen atoms in total. The minimum atomic E-state index is 0.907. The van der Waals surface area contributed by atoms with Crippen molar-refractivity contribution in [3.05, 3.63) is 90.5 Å². The molecular weight excluding hydrogens is 312 g/mol. The van der Waals surface area contributed by atoms with Gasteiger partial charge in [0.25, 0.3) is 0 Å². The lowest BCUT2D eigenvalue weighted by Gasteiger charge is -2.04. The maximum atomic E-state index is 4.40. The van der Waals surface area contributed by atoms with E-state index in [9.17, 15) is 0 Å². The lowest BCUT2D eigenvalue weighted by molar-refractivity contribution is 0.935. The molecule has 0 aliphatic rings. The Morgan fingerprint density at radius 3 is 2.25 bits per heavy atom. The molecule has 0 bridgehead atoms. The minimum absolute atomic E-state index is 0.907. The number of rotatable bonds is 4. The zero-order chi connectivity index (χ0) is 16.2. The molecule has 4 aromatic rings. The fourth-order valence-electron chi connectivity index (χ4n) is 2.63. The van der Waals surface area contributed by atoms with Gasteiger partial charge in [0.15, 0.2) is 0 Å². The van der Waals surface area contributed by atoms with E-state index in [2.05, 4.69) is 76.9 Å². The van der Waals surface area contributed by atoms with Crippen LogP contribution in [0.4, 0.5) is 0 Å². The molecule has 1 aromatic heterocycles. The molecule has 0 fully saturated rings. The third-order valence-electron chi connectivity index (χ3n) is 3.91. The van der Waals surface area contributed by atoms with Crippen molar-refractivity contribution in [1.82, 2.24) is 10.2 Å². The van der Waals surface area contributed by atoms with E-state index in [0.29, 0.717) is 0 Å². The van der Waals surface area contributed by atoms with E-state index in [1.54, 1.807) is 11.8 Å². The number of thioether (sulfide) groups is 1. The van der Waals surface area contributed by atoms with Gasteiger partial charge < -0.3 is 0 Å². The predicted octanol–water partition coefficient (Wildman–Crippen LogP) is 5.59. The molecule has 116 valence electrons. The van der Waals surface area contributed by atoms with Crippen LogP contribution in [0.25, 0.3) is 22.0 Å². The average molecular weight is 328 g/mol. The third-order valence-corrected chi connectivity index (χ3v) is 4.91. The molecule has 3 aromatic carbocycles. The minimum Gasteiger partial charge on any atom is -0.149 e. The highest BCUT2D eigenvalue weighted by Gasteiger charge is 2.03. The van der Waals surface area contributed by atoms with Crippen LogP contribution in [0.2, 0.25) is 0 Å². The summed E-state index contributed by atoms with van der Waals surface area (Å²) in [6.45, 7) is 0. The Morgan fingerprint density at radius 1 is 0.667 bits per heavy atom. The molecule has 0 amide bonds. The van der Waals surface area contributed by atoms with Crippen molar-refractivity contribution in [2.75, 3.05) is 0 Å². The Hall–Kier alpha value is -2.65. The van der Waals surface area contributed by atoms with Crippen LogP contribution >= 0.6 is 11.8 Å². The summed E-state index contributed by atoms with van der Waals surface area (Å²) >= 11 is 1.71. The molecular formula is C21H16N2S. The van der Waals surface area contributed by atoms with Gasteiger partial charge in [-0.1, -0.05) is 78.5 Å². The normalized spacial score (nSPS) is 10.8. The van der Waals surface area contributed by atoms with Crippen molar-refractivity contribution < 1.29 is 0 Å². The maximum Gasteiger partial charge on any atom is 0.119 e. The van der Waals surface area contributed by atoms with Crippen molar-refractivity contribution in [3.8, 4) is 11.3 Å². The molecule has 0 spiro atoms. The largest absolute Gasteiger partial charge is 0.149 e. The van der Waals surface area contributed by atoms with E-state index >= 15 is 0 Å². The summed E-state index contributed by atoms with van der Waals surface area (Å²) in [4.78, 5) is 0. The number of hydrogen-bond acceptors (Lipinski definition) is 3. The molecule has 0 unspecified atom stereocenters. The Kier molecular flexibility index (Phi) is 4.26. The Labute approximate surface area is 145 Å². The highest BCUT2D eigenvalue weighted by atomic mass is 32.2. The zero-order valence-corrected chi connectivity index (χ0v) is 13.9. The first-order valence-electron chi connectivity index (χ1n) is 7.88. The first-order chi connectivity index (χ1) is 11.9. The number of hydrogen-bond donors (Lipinski definition) is 0. The van der Waals surface area contributed by atoms with Crippen LogP contribution in [0.3, 0.4) is 0 Å². The van der Waals surface area contributed by atoms with Crippen LogP contribution in [0.5, 0.6) is 0 Å². The molecule has 0 aliphatic heterocycles. The maximum absolute atomic E-state index is 4.40. The van der Waals surface area contributed by atoms with Crippen LogP contribution in [-0.4, -0.2) is 10.2 Å². The molecule has 0 saturated carbocycles. The number of aromatic nitrogens is 2. The van der Waals surface area contributed by atoms with Gasteiger partial charge >= 0.3 is 0 Å². The van der Waals surface area contributed by atoms with E-state index in [0.717, 1.165) is 22.0 Å². The Morgan fingerprint density at radius 2 is 1.46 bits per heavy atom. The van der Waals surface area contributed by atoms with Crippen molar-refractivity contribution >= 4 is 22.5 Å². The van der Waals surface area contributed by atoms with E-state index in [1.165, 1.54) is 16.3 Å². The van der Waals surface area contributed by atoms with Crippen LogP contribution in [0.15, 0.2) is 90.0 Å². The van der Waals surface area contributed by atoms with E-state index < -0.39 is 0 Å². The van der Waals surface area contributed by atoms with Crippen molar-refractivity contribution in [1.29, 1.82) is 0 Å². The molecule has 1 heterocycles. The van der Waals surface area contributed by atoms with Crippen molar-refractivity contribution in [2.24, 2.45) is 0 Å². The molecule has 0 atom stereocenters. The van der Waals surface area contributed by atoms with Gasteiger partial charge in [-0.05, 0) is 34.5 Å². The van der Waals surface area contributed by atoms with E-state index in [-0.39, 0.29) is 0 Å². The van der Waals surface area contributed by atoms with Gasteiger partial charge in [-0.25, -0.2) is 0 Å². The fourth-order valence-corrected chi connectivity index (χ4v) is 3.40. The van der Waals surface area contributed by atoms with Gasteiger partial charge in [-0.3, -0.25) is 0 Å². The fraction of sp³-hybridized carbons (Fsp3) is 0.0476. The monoisotopic (exact) mass is 328 g/mol. The summed E-state index contributed by atoms with van der Waals surface area (Å²) in [5.74, 6) is 0.908. The average Bonchev–Trinajstić information content (AvgIpc) is 2.67. The second-order valence-corrected chi connectivity index (χ2v) is 6.59. The zero-order valence-electron chi connectivity index (χ0n) is 13.1. The quantitative estimate of drug-likeness (QED) is 0.457. The number of nitrogens with zero attached hydrogens (tertiary/aromatic N) is 2. The van der Waals surface area contributed by atoms with Gasteiger partial charge in [0.05, 0.1) is 5.69 Å². The molecule has 4 rings (SSSR count). The summed E-state index contributed by atoms with van der Waals surface area (Å²) in [5.41, 5.74) is 3.30. The Bertz CT molecular complexity index is 950. The topological polar surface area (TPSA) is 25.8 Å². The molecule has 0 saturated heterocycles. The summed E-state index contributed by atoms with van der Waals surface area (Å²) in [7, 11) is 0. The first-order valence-corrected chi connectivity index (χ1v) is 8.87. The van der Waals surface area contributed by atoms with Gasteiger partial charge in [0, 0.05) is 11.3 Å². The second-order valence-electron chi connectivity index (χ2n) is 5.59. The van der Waals surface area contributed by atoms with E-state index in [1.807, 2.05) is 18.2 Å². The van der Waals surface area contributed by atoms with Gasteiger partial charge in [-0.15, -0.1) is 10.2 Å². The smallest absolute Gasteiger partial charge is 0.119 e. The van der Waals surface area contributed by atoms with Gasteiger partial charge in [-0.2, -0.15) is 0 Å². The SMILES string of the molecule is c1ccc(CSc2ccc(-c3ccc4ccccc4c3)nn2)cc1. The standard InChI is InChI=1S/C21H16N2S/c1-2-6-16(7-3-1)15-24-21-13-12-20(22-23-21)19-11-10-17-8-4-5-9-18(17)14-19/h1-14H,15H2. The van der Waals surface area contributed by atoms with Crippen LogP contribution in [0.1, 0.15) is 5.56 Å². The van der Waals surface area contributed by atoms with Crippen LogP contribution < -0.4 is 0 Å². The molecule has 0 aliphatic carbocycles. The van der Waals surface area contributed by atoms with Crippen LogP contribution in [0, 0.1) is 0 Å². The van der Waals surface area contributed by atoms with Gasteiger partial charge in [0.2, 0.25) is 0 Å². The Balaban J connectivity index is 1.52. The van der Waals surface area contributed by atoms with Crippen LogP contribution in [-0.2, 0) is 5.75 Å². The lowest BCUT2D eigenvalue weighted by atomic mass is 10.1. The predicted molar refractivity (Wildman–Crippen MR) is 101 cm³/mol. The van der Waals surface area contributed by atoms with Gasteiger partial charge in [0.1, 0.15) is 5.03 Å². The van der Waals surface area contributed by atoms with Crippen molar-refractivity contribution in [2.45, 2.75) is 10.8 Å². The molecule has 0 radical (unpaired) electrons. The summed E-state index contributed by atoms with van der Waals surface area (Å²) in [5, 5.41) is 12.2. The van der Waals surface area contributed by atoms with Crippen molar-refractivity contribution in [3.63, 3.8) is 0 Å². The molecule has 3 heteroatoms. The number of benzene rings is 3. The molecule has 0 N–H and O–H groups in total. The second kappa shape index (κ2) is 6.85. The summed E-state index contributed by atoms with van der Waals surface area (Å²) in [6, 6.07) is 29.3. The first kappa shape index (κ1) is 14.9.